The van der Waals surface area contributed by atoms with Gasteiger partial charge in [-0.3, -0.25) is 14.5 Å². The van der Waals surface area contributed by atoms with E-state index in [2.05, 4.69) is 20.1 Å². The second-order valence-electron chi connectivity index (χ2n) is 8.82. The van der Waals surface area contributed by atoms with Gasteiger partial charge in [-0.25, -0.2) is 4.98 Å². The number of nitrogens with one attached hydrogen (secondary N) is 1. The number of hydrogen-bond donors (Lipinski definition) is 1. The van der Waals surface area contributed by atoms with E-state index >= 15 is 0 Å². The first-order valence-electron chi connectivity index (χ1n) is 11.5. The molecule has 0 bridgehead atoms. The first-order chi connectivity index (χ1) is 15.5. The molecule has 1 aromatic heterocycles. The molecule has 0 spiro atoms. The summed E-state index contributed by atoms with van der Waals surface area (Å²) in [7, 11) is 0. The molecule has 1 aliphatic heterocycles. The van der Waals surface area contributed by atoms with E-state index in [1.807, 2.05) is 55.1 Å². The van der Waals surface area contributed by atoms with Gasteiger partial charge in [0.25, 0.3) is 0 Å². The Morgan fingerprint density at radius 2 is 1.75 bits per heavy atom. The molecule has 2 aliphatic rings. The number of piperazine rings is 1. The van der Waals surface area contributed by atoms with E-state index in [-0.39, 0.29) is 11.8 Å². The van der Waals surface area contributed by atoms with Crippen molar-refractivity contribution in [3.63, 3.8) is 0 Å². The number of carbonyl (C=O) groups is 2. The van der Waals surface area contributed by atoms with Crippen LogP contribution >= 0.6 is 0 Å². The van der Waals surface area contributed by atoms with Crippen LogP contribution in [-0.4, -0.2) is 71.9 Å². The Kier molecular flexibility index (Phi) is 7.05. The summed E-state index contributed by atoms with van der Waals surface area (Å²) in [6.07, 6.45) is 4.47. The van der Waals surface area contributed by atoms with Crippen LogP contribution < -0.4 is 10.2 Å². The quantitative estimate of drug-likeness (QED) is 0.691. The number of aryl methyl sites for hydroxylation is 2. The number of aromatic nitrogens is 1. The average Bonchev–Trinajstić information content (AvgIpc) is 3.65. The van der Waals surface area contributed by atoms with E-state index < -0.39 is 0 Å². The number of anilines is 2. The second-order valence-corrected chi connectivity index (χ2v) is 8.82. The molecule has 32 heavy (non-hydrogen) atoms. The van der Waals surface area contributed by atoms with E-state index in [4.69, 9.17) is 0 Å². The third-order valence-electron chi connectivity index (χ3n) is 6.37. The van der Waals surface area contributed by atoms with Crippen LogP contribution in [0.2, 0.25) is 0 Å². The van der Waals surface area contributed by atoms with Gasteiger partial charge in [0, 0.05) is 57.1 Å². The lowest BCUT2D eigenvalue weighted by Gasteiger charge is -2.35. The molecule has 0 unspecified atom stereocenters. The summed E-state index contributed by atoms with van der Waals surface area (Å²) < 4.78 is 0. The molecule has 7 heteroatoms. The van der Waals surface area contributed by atoms with Crippen LogP contribution in [-0.2, 0) is 9.59 Å². The molecule has 7 nitrogen and oxygen atoms in total. The molecule has 1 saturated heterocycles. The monoisotopic (exact) mass is 435 g/mol. The zero-order chi connectivity index (χ0) is 22.5. The summed E-state index contributed by atoms with van der Waals surface area (Å²) in [6, 6.07) is 12.3. The van der Waals surface area contributed by atoms with E-state index in [0.717, 1.165) is 48.6 Å². The number of rotatable bonds is 8. The smallest absolute Gasteiger partial charge is 0.238 e. The van der Waals surface area contributed by atoms with Crippen LogP contribution in [0, 0.1) is 13.8 Å². The molecule has 1 N–H and O–H groups in total. The van der Waals surface area contributed by atoms with Gasteiger partial charge in [-0.1, -0.05) is 24.3 Å². The fourth-order valence-corrected chi connectivity index (χ4v) is 4.33. The van der Waals surface area contributed by atoms with Crippen LogP contribution in [0.25, 0.3) is 0 Å². The fourth-order valence-electron chi connectivity index (χ4n) is 4.33. The van der Waals surface area contributed by atoms with E-state index in [1.54, 1.807) is 6.20 Å². The minimum atomic E-state index is -0.00859. The number of nitrogens with zero attached hydrogens (tertiary/aromatic N) is 4. The summed E-state index contributed by atoms with van der Waals surface area (Å²) >= 11 is 0. The lowest BCUT2D eigenvalue weighted by molar-refractivity contribution is -0.132. The number of para-hydroxylation sites is 1. The van der Waals surface area contributed by atoms with Crippen molar-refractivity contribution in [2.24, 2.45) is 0 Å². The van der Waals surface area contributed by atoms with Gasteiger partial charge in [-0.15, -0.1) is 0 Å². The van der Waals surface area contributed by atoms with E-state index in [1.165, 1.54) is 0 Å². The highest BCUT2D eigenvalue weighted by Gasteiger charge is 2.31. The zero-order valence-electron chi connectivity index (χ0n) is 19.1. The fraction of sp³-hybridized carbons (Fsp3) is 0.480. The largest absolute Gasteiger partial charge is 0.353 e. The Labute approximate surface area is 190 Å². The molecule has 1 aromatic carbocycles. The van der Waals surface area contributed by atoms with E-state index in [0.29, 0.717) is 38.6 Å². The van der Waals surface area contributed by atoms with Crippen molar-refractivity contribution in [1.29, 1.82) is 0 Å². The third-order valence-corrected chi connectivity index (χ3v) is 6.37. The molecule has 170 valence electrons. The van der Waals surface area contributed by atoms with Crippen LogP contribution in [0.1, 0.15) is 30.4 Å². The highest BCUT2D eigenvalue weighted by atomic mass is 16.2. The standard InChI is InChI=1S/C25H33N5O2/c1-19-6-5-7-20(2)25(19)27-23(31)18-30(21-9-10-21)13-11-24(32)29-16-14-28(15-17-29)22-8-3-4-12-26-22/h3-8,12,21H,9-11,13-18H2,1-2H3,(H,27,31). The molecule has 4 rings (SSSR count). The number of hydrogen-bond acceptors (Lipinski definition) is 5. The summed E-state index contributed by atoms with van der Waals surface area (Å²) in [6.45, 7) is 8.00. The molecule has 1 saturated carbocycles. The normalized spacial score (nSPS) is 16.3. The molecular weight excluding hydrogens is 402 g/mol. The van der Waals surface area contributed by atoms with Gasteiger partial charge in [0.05, 0.1) is 6.54 Å². The number of benzene rings is 1. The van der Waals surface area contributed by atoms with Crippen LogP contribution in [0.4, 0.5) is 11.5 Å². The van der Waals surface area contributed by atoms with Crippen molar-refractivity contribution >= 4 is 23.3 Å². The molecule has 2 fully saturated rings. The summed E-state index contributed by atoms with van der Waals surface area (Å²) in [5, 5.41) is 3.08. The highest BCUT2D eigenvalue weighted by Crippen LogP contribution is 2.27. The van der Waals surface area contributed by atoms with Crippen LogP contribution in [0.3, 0.4) is 0 Å². The predicted molar refractivity (Wildman–Crippen MR) is 127 cm³/mol. The minimum absolute atomic E-state index is 0.00859. The first kappa shape index (κ1) is 22.3. The van der Waals surface area contributed by atoms with Gasteiger partial charge in [0.1, 0.15) is 5.82 Å². The molecule has 2 aromatic rings. The summed E-state index contributed by atoms with van der Waals surface area (Å²) in [4.78, 5) is 36.3. The van der Waals surface area contributed by atoms with Crippen molar-refractivity contribution in [1.82, 2.24) is 14.8 Å². The minimum Gasteiger partial charge on any atom is -0.353 e. The third kappa shape index (κ3) is 5.65. The molecular formula is C25H33N5O2. The molecule has 2 amide bonds. The molecule has 0 radical (unpaired) electrons. The van der Waals surface area contributed by atoms with Gasteiger partial charge < -0.3 is 15.1 Å². The second kappa shape index (κ2) is 10.1. The van der Waals surface area contributed by atoms with Crippen LogP contribution in [0.5, 0.6) is 0 Å². The Bertz CT molecular complexity index is 916. The summed E-state index contributed by atoms with van der Waals surface area (Å²) in [5.41, 5.74) is 3.03. The van der Waals surface area contributed by atoms with Gasteiger partial charge in [0.15, 0.2) is 0 Å². The van der Waals surface area contributed by atoms with Gasteiger partial charge in [0.2, 0.25) is 11.8 Å². The molecule has 2 heterocycles. The van der Waals surface area contributed by atoms with Crippen LogP contribution in [0.15, 0.2) is 42.6 Å². The molecule has 0 atom stereocenters. The average molecular weight is 436 g/mol. The maximum absolute atomic E-state index is 12.8. The number of carbonyl (C=O) groups excluding carboxylic acids is 2. The van der Waals surface area contributed by atoms with Crippen molar-refractivity contribution in [3.8, 4) is 0 Å². The number of amides is 2. The first-order valence-corrected chi connectivity index (χ1v) is 11.5. The Morgan fingerprint density at radius 3 is 2.38 bits per heavy atom. The maximum Gasteiger partial charge on any atom is 0.238 e. The Hall–Kier alpha value is -2.93. The Morgan fingerprint density at radius 1 is 1.03 bits per heavy atom. The summed E-state index contributed by atoms with van der Waals surface area (Å²) in [5.74, 6) is 1.13. The van der Waals surface area contributed by atoms with Crippen molar-refractivity contribution < 1.29 is 9.59 Å². The van der Waals surface area contributed by atoms with Gasteiger partial charge in [-0.05, 0) is 49.9 Å². The lowest BCUT2D eigenvalue weighted by atomic mass is 10.1. The molecule has 1 aliphatic carbocycles. The number of pyridine rings is 1. The van der Waals surface area contributed by atoms with Gasteiger partial charge >= 0.3 is 0 Å². The maximum atomic E-state index is 12.8. The van der Waals surface area contributed by atoms with Crippen molar-refractivity contribution in [3.05, 3.63) is 53.7 Å². The highest BCUT2D eigenvalue weighted by molar-refractivity contribution is 5.93. The topological polar surface area (TPSA) is 68.8 Å². The van der Waals surface area contributed by atoms with Crippen molar-refractivity contribution in [2.75, 3.05) is 49.5 Å². The van der Waals surface area contributed by atoms with E-state index in [9.17, 15) is 9.59 Å². The van der Waals surface area contributed by atoms with Crippen molar-refractivity contribution in [2.45, 2.75) is 39.2 Å². The SMILES string of the molecule is Cc1cccc(C)c1NC(=O)CN(CCC(=O)N1CCN(c2ccccn2)CC1)C1CC1. The predicted octanol–water partition coefficient (Wildman–Crippen LogP) is 2.84. The Balaban J connectivity index is 1.25. The lowest BCUT2D eigenvalue weighted by Crippen LogP contribution is -2.49. The zero-order valence-corrected chi connectivity index (χ0v) is 19.1. The van der Waals surface area contributed by atoms with Gasteiger partial charge in [-0.2, -0.15) is 0 Å².